The van der Waals surface area contributed by atoms with Crippen molar-refractivity contribution in [1.29, 1.82) is 0 Å². The maximum Gasteiger partial charge on any atom is 0.180 e. The van der Waals surface area contributed by atoms with Crippen LogP contribution in [-0.4, -0.2) is 44.9 Å². The van der Waals surface area contributed by atoms with Gasteiger partial charge in [0.1, 0.15) is 0 Å². The van der Waals surface area contributed by atoms with Crippen molar-refractivity contribution in [3.05, 3.63) is 72.2 Å². The van der Waals surface area contributed by atoms with Gasteiger partial charge in [0.05, 0.1) is 18.3 Å². The van der Waals surface area contributed by atoms with Crippen molar-refractivity contribution >= 4 is 29.1 Å². The first kappa shape index (κ1) is 18.1. The Morgan fingerprint density at radius 3 is 2.84 bits per heavy atom. The summed E-state index contributed by atoms with van der Waals surface area (Å²) >= 11 is 0. The number of imidazole rings is 1. The van der Waals surface area contributed by atoms with Crippen LogP contribution in [0.5, 0.6) is 0 Å². The molecule has 31 heavy (non-hydrogen) atoms. The number of rotatable bonds is 4. The summed E-state index contributed by atoms with van der Waals surface area (Å²) in [5.41, 5.74) is 7.19. The number of aliphatic hydroxyl groups excluding tert-OH is 1. The largest absolute Gasteiger partial charge is 0.391 e. The van der Waals surface area contributed by atoms with E-state index < -0.39 is 0 Å². The van der Waals surface area contributed by atoms with E-state index in [2.05, 4.69) is 50.5 Å². The second kappa shape index (κ2) is 7.21. The highest BCUT2D eigenvalue weighted by Gasteiger charge is 2.20. The summed E-state index contributed by atoms with van der Waals surface area (Å²) in [5.74, 6) is 0.712. The lowest BCUT2D eigenvalue weighted by atomic mass is 10.0. The Hall–Kier alpha value is -3.71. The number of anilines is 3. The zero-order valence-corrected chi connectivity index (χ0v) is 16.9. The van der Waals surface area contributed by atoms with Crippen molar-refractivity contribution in [3.63, 3.8) is 0 Å². The highest BCUT2D eigenvalue weighted by molar-refractivity contribution is 5.86. The number of aliphatic imine (C=N–C) groups is 1. The van der Waals surface area contributed by atoms with E-state index in [4.69, 9.17) is 4.98 Å². The maximum absolute atomic E-state index is 9.78. The maximum atomic E-state index is 9.78. The normalized spacial score (nSPS) is 17.5. The van der Waals surface area contributed by atoms with Crippen LogP contribution in [0.2, 0.25) is 0 Å². The van der Waals surface area contributed by atoms with Crippen molar-refractivity contribution < 1.29 is 5.11 Å². The van der Waals surface area contributed by atoms with Gasteiger partial charge in [-0.3, -0.25) is 4.99 Å². The number of fused-ring (bicyclic) bond motifs is 2. The number of aliphatic hydroxyl groups is 1. The van der Waals surface area contributed by atoms with Crippen molar-refractivity contribution in [2.24, 2.45) is 4.99 Å². The predicted molar refractivity (Wildman–Crippen MR) is 122 cm³/mol. The van der Waals surface area contributed by atoms with Gasteiger partial charge in [0.2, 0.25) is 0 Å². The van der Waals surface area contributed by atoms with Crippen LogP contribution in [0.1, 0.15) is 17.5 Å². The quantitative estimate of drug-likeness (QED) is 0.537. The Morgan fingerprint density at radius 1 is 1.10 bits per heavy atom. The molecule has 2 aromatic heterocycles. The molecule has 4 aromatic rings. The summed E-state index contributed by atoms with van der Waals surface area (Å²) in [6.07, 6.45) is 8.24. The third-order valence-corrected chi connectivity index (χ3v) is 5.96. The molecule has 7 heteroatoms. The van der Waals surface area contributed by atoms with E-state index in [0.717, 1.165) is 47.8 Å². The molecule has 2 aromatic carbocycles. The van der Waals surface area contributed by atoms with Crippen molar-refractivity contribution in [2.75, 3.05) is 23.3 Å². The smallest absolute Gasteiger partial charge is 0.180 e. The summed E-state index contributed by atoms with van der Waals surface area (Å²) in [6.45, 7) is 2.30. The van der Waals surface area contributed by atoms with Gasteiger partial charge in [0.15, 0.2) is 11.5 Å². The molecule has 154 valence electrons. The van der Waals surface area contributed by atoms with E-state index in [1.807, 2.05) is 35.1 Å². The number of β-amino-alcohol motifs (C(OH)–C–C–N with tert-alkyl or cyclic N) is 1. The number of nitrogens with zero attached hydrogens (tertiary/aromatic N) is 5. The average Bonchev–Trinajstić information content (AvgIpc) is 3.54. The molecule has 1 fully saturated rings. The van der Waals surface area contributed by atoms with Crippen LogP contribution < -0.4 is 10.2 Å². The van der Waals surface area contributed by atoms with Crippen LogP contribution >= 0.6 is 0 Å². The molecule has 6 rings (SSSR count). The second-order valence-electron chi connectivity index (χ2n) is 8.08. The van der Waals surface area contributed by atoms with Crippen LogP contribution in [0.3, 0.4) is 0 Å². The first-order valence-corrected chi connectivity index (χ1v) is 10.5. The van der Waals surface area contributed by atoms with Gasteiger partial charge in [-0.05, 0) is 47.9 Å². The molecule has 7 nitrogen and oxygen atoms in total. The Bertz CT molecular complexity index is 1290. The predicted octanol–water partition coefficient (Wildman–Crippen LogP) is 3.64. The fraction of sp³-hybridized carbons (Fsp3) is 0.208. The van der Waals surface area contributed by atoms with Gasteiger partial charge in [-0.2, -0.15) is 0 Å². The van der Waals surface area contributed by atoms with E-state index in [1.54, 1.807) is 6.20 Å². The highest BCUT2D eigenvalue weighted by atomic mass is 16.3. The van der Waals surface area contributed by atoms with Crippen molar-refractivity contribution in [2.45, 2.75) is 19.1 Å². The minimum absolute atomic E-state index is 0.232. The van der Waals surface area contributed by atoms with Crippen molar-refractivity contribution in [3.8, 4) is 11.3 Å². The van der Waals surface area contributed by atoms with Gasteiger partial charge in [-0.15, -0.1) is 0 Å². The van der Waals surface area contributed by atoms with Gasteiger partial charge in [0, 0.05) is 54.8 Å². The van der Waals surface area contributed by atoms with Gasteiger partial charge in [0.25, 0.3) is 0 Å². The van der Waals surface area contributed by atoms with Crippen LogP contribution in [0, 0.1) is 0 Å². The zero-order valence-electron chi connectivity index (χ0n) is 16.9. The minimum atomic E-state index is -0.232. The molecule has 0 aliphatic carbocycles. The van der Waals surface area contributed by atoms with Crippen LogP contribution in [0.25, 0.3) is 16.9 Å². The third-order valence-electron chi connectivity index (χ3n) is 5.96. The Labute approximate surface area is 179 Å². The molecular weight excluding hydrogens is 388 g/mol. The lowest BCUT2D eigenvalue weighted by Crippen LogP contribution is -2.20. The average molecular weight is 410 g/mol. The molecule has 0 unspecified atom stereocenters. The monoisotopic (exact) mass is 410 g/mol. The molecule has 0 bridgehead atoms. The molecule has 4 heterocycles. The summed E-state index contributed by atoms with van der Waals surface area (Å²) < 4.78 is 1.99. The molecule has 2 aliphatic rings. The highest BCUT2D eigenvalue weighted by Crippen LogP contribution is 2.28. The lowest BCUT2D eigenvalue weighted by Gasteiger charge is -2.18. The van der Waals surface area contributed by atoms with E-state index in [0.29, 0.717) is 12.4 Å². The first-order chi connectivity index (χ1) is 15.2. The molecule has 1 atom stereocenters. The Kier molecular flexibility index (Phi) is 4.21. The van der Waals surface area contributed by atoms with E-state index in [9.17, 15) is 5.11 Å². The molecule has 1 saturated heterocycles. The topological polar surface area (TPSA) is 78.0 Å². The number of aromatic nitrogens is 3. The fourth-order valence-electron chi connectivity index (χ4n) is 4.29. The van der Waals surface area contributed by atoms with E-state index in [-0.39, 0.29) is 6.10 Å². The third kappa shape index (κ3) is 3.33. The standard InChI is InChI=1S/C24H22N6O/c31-21-7-9-29(14-21)20-5-3-19(4-6-20)27-23-24-26-8-10-30(24)15-22(28-23)16-1-2-17-12-25-13-18(17)11-16/h1-6,8,10-12,15,21,31H,7,9,13-14H2,(H,27,28)/t21-/m1/s1. The summed E-state index contributed by atoms with van der Waals surface area (Å²) in [6, 6.07) is 14.6. The van der Waals surface area contributed by atoms with E-state index >= 15 is 0 Å². The molecule has 2 N–H and O–H groups in total. The summed E-state index contributed by atoms with van der Waals surface area (Å²) in [5, 5.41) is 13.2. The minimum Gasteiger partial charge on any atom is -0.391 e. The van der Waals surface area contributed by atoms with Crippen LogP contribution in [-0.2, 0) is 6.54 Å². The first-order valence-electron chi connectivity index (χ1n) is 10.5. The number of nitrogens with one attached hydrogen (secondary N) is 1. The molecule has 0 spiro atoms. The molecule has 2 aliphatic heterocycles. The van der Waals surface area contributed by atoms with Gasteiger partial charge < -0.3 is 19.7 Å². The summed E-state index contributed by atoms with van der Waals surface area (Å²) in [7, 11) is 0. The van der Waals surface area contributed by atoms with Crippen LogP contribution in [0.15, 0.2) is 66.0 Å². The number of benzene rings is 2. The second-order valence-corrected chi connectivity index (χ2v) is 8.08. The fourth-order valence-corrected chi connectivity index (χ4v) is 4.29. The number of hydrogen-bond donors (Lipinski definition) is 2. The zero-order chi connectivity index (χ0) is 20.8. The lowest BCUT2D eigenvalue weighted by molar-refractivity contribution is 0.198. The molecule has 0 amide bonds. The SMILES string of the molecule is O[C@@H]1CCN(c2ccc(Nc3nc(-c4ccc5c(c4)CN=C5)cn4ccnc34)cc2)C1. The molecule has 0 radical (unpaired) electrons. The van der Waals surface area contributed by atoms with Gasteiger partial charge in [-0.1, -0.05) is 12.1 Å². The Balaban J connectivity index is 1.32. The van der Waals surface area contributed by atoms with Crippen molar-refractivity contribution in [1.82, 2.24) is 14.4 Å². The summed E-state index contributed by atoms with van der Waals surface area (Å²) in [4.78, 5) is 15.9. The molecule has 0 saturated carbocycles. The van der Waals surface area contributed by atoms with Crippen LogP contribution in [0.4, 0.5) is 17.2 Å². The Morgan fingerprint density at radius 2 is 2.00 bits per heavy atom. The van der Waals surface area contributed by atoms with Gasteiger partial charge in [-0.25, -0.2) is 9.97 Å². The van der Waals surface area contributed by atoms with Gasteiger partial charge >= 0.3 is 0 Å². The number of hydrogen-bond acceptors (Lipinski definition) is 6. The molecular formula is C24H22N6O. The van der Waals surface area contributed by atoms with E-state index in [1.165, 1.54) is 11.1 Å².